The summed E-state index contributed by atoms with van der Waals surface area (Å²) in [6, 6.07) is 58.6. The van der Waals surface area contributed by atoms with Crippen LogP contribution in [0.3, 0.4) is 0 Å². The lowest BCUT2D eigenvalue weighted by atomic mass is 9.88. The van der Waals surface area contributed by atoms with E-state index in [0.717, 1.165) is 67.7 Å². The minimum absolute atomic E-state index is 0.118. The molecule has 55 heavy (non-hydrogen) atoms. The number of oxazole rings is 1. The molecule has 0 radical (unpaired) electrons. The fraction of sp³-hybridized carbons (Fsp3) is 0. The molecule has 0 amide bonds. The molecule has 9 rings (SSSR count). The third kappa shape index (κ3) is 6.65. The van der Waals surface area contributed by atoms with Gasteiger partial charge in [0, 0.05) is 22.9 Å². The van der Waals surface area contributed by atoms with Gasteiger partial charge in [-0.1, -0.05) is 146 Å². The quantitative estimate of drug-likeness (QED) is 0.146. The normalized spacial score (nSPS) is 11.3. The molecule has 0 bridgehead atoms. The molecule has 0 saturated carbocycles. The van der Waals surface area contributed by atoms with Gasteiger partial charge in [-0.2, -0.15) is 0 Å². The Bertz CT molecular complexity index is 2840. The van der Waals surface area contributed by atoms with Crippen LogP contribution in [0, 0.1) is 10.8 Å². The molecule has 2 heterocycles. The molecular formula is C49H33N5O. The van der Waals surface area contributed by atoms with E-state index in [1.165, 1.54) is 22.9 Å². The van der Waals surface area contributed by atoms with Crippen molar-refractivity contribution in [2.24, 2.45) is 0 Å². The van der Waals surface area contributed by atoms with E-state index in [4.69, 9.17) is 25.2 Å². The minimum atomic E-state index is 0.118. The molecule has 0 unspecified atom stereocenters. The maximum atomic E-state index is 8.21. The van der Waals surface area contributed by atoms with Crippen molar-refractivity contribution < 1.29 is 4.42 Å². The molecule has 9 aromatic rings. The van der Waals surface area contributed by atoms with E-state index in [-0.39, 0.29) is 11.6 Å². The first-order chi connectivity index (χ1) is 27.1. The molecule has 0 spiro atoms. The highest BCUT2D eigenvalue weighted by molar-refractivity contribution is 6.06. The van der Waals surface area contributed by atoms with E-state index in [1.807, 2.05) is 54.6 Å². The number of benzene rings is 7. The number of allylic oxidation sites excluding steroid dienone is 2. The molecule has 7 aromatic carbocycles. The van der Waals surface area contributed by atoms with Gasteiger partial charge in [0.25, 0.3) is 0 Å². The summed E-state index contributed by atoms with van der Waals surface area (Å²) in [7, 11) is 0. The Balaban J connectivity index is 1.12. The molecule has 0 fully saturated rings. The number of aromatic nitrogens is 3. The summed E-state index contributed by atoms with van der Waals surface area (Å²) < 4.78 is 5.81. The van der Waals surface area contributed by atoms with Gasteiger partial charge in [0.2, 0.25) is 5.89 Å². The Morgan fingerprint density at radius 1 is 0.509 bits per heavy atom. The number of fused-ring (bicyclic) bond motifs is 2. The van der Waals surface area contributed by atoms with Gasteiger partial charge in [-0.05, 0) is 80.6 Å². The molecule has 260 valence electrons. The zero-order chi connectivity index (χ0) is 37.1. The van der Waals surface area contributed by atoms with Crippen molar-refractivity contribution in [3.8, 4) is 67.3 Å². The van der Waals surface area contributed by atoms with Gasteiger partial charge in [0.15, 0.2) is 11.4 Å². The number of nitrogens with one attached hydrogen (secondary N) is 2. The summed E-state index contributed by atoms with van der Waals surface area (Å²) in [4.78, 5) is 14.7. The lowest BCUT2D eigenvalue weighted by Crippen LogP contribution is -1.96. The van der Waals surface area contributed by atoms with E-state index < -0.39 is 0 Å². The van der Waals surface area contributed by atoms with Crippen LogP contribution in [0.2, 0.25) is 0 Å². The van der Waals surface area contributed by atoms with Gasteiger partial charge in [0.05, 0.1) is 11.4 Å². The Morgan fingerprint density at radius 2 is 1.15 bits per heavy atom. The van der Waals surface area contributed by atoms with Gasteiger partial charge >= 0.3 is 0 Å². The monoisotopic (exact) mass is 707 g/mol. The largest absolute Gasteiger partial charge is 0.435 e. The fourth-order valence-corrected chi connectivity index (χ4v) is 7.01. The molecule has 6 heteroatoms. The van der Waals surface area contributed by atoms with Crippen molar-refractivity contribution in [3.63, 3.8) is 0 Å². The zero-order valence-electron chi connectivity index (χ0n) is 29.6. The second-order valence-electron chi connectivity index (χ2n) is 13.2. The van der Waals surface area contributed by atoms with Gasteiger partial charge in [0.1, 0.15) is 11.2 Å². The van der Waals surface area contributed by atoms with Gasteiger partial charge < -0.3 is 9.83 Å². The average molecular weight is 708 g/mol. The van der Waals surface area contributed by atoms with Crippen molar-refractivity contribution in [3.05, 3.63) is 188 Å². The van der Waals surface area contributed by atoms with Crippen LogP contribution in [-0.2, 0) is 0 Å². The van der Waals surface area contributed by atoms with Crippen molar-refractivity contribution in [1.29, 1.82) is 10.8 Å². The van der Waals surface area contributed by atoms with Gasteiger partial charge in [-0.3, -0.25) is 5.41 Å². The highest BCUT2D eigenvalue weighted by Crippen LogP contribution is 2.40. The van der Waals surface area contributed by atoms with Crippen molar-refractivity contribution in [2.45, 2.75) is 0 Å². The zero-order valence-corrected chi connectivity index (χ0v) is 29.6. The van der Waals surface area contributed by atoms with Crippen LogP contribution in [0.4, 0.5) is 0 Å². The summed E-state index contributed by atoms with van der Waals surface area (Å²) in [6.07, 6.45) is 4.09. The smallest absolute Gasteiger partial charge is 0.245 e. The van der Waals surface area contributed by atoms with Crippen LogP contribution >= 0.6 is 0 Å². The number of hydrogen-bond donors (Lipinski definition) is 2. The topological polar surface area (TPSA) is 99.5 Å². The number of nitrogens with zero attached hydrogens (tertiary/aromatic N) is 3. The Hall–Kier alpha value is -7.57. The van der Waals surface area contributed by atoms with Crippen LogP contribution in [-0.4, -0.2) is 26.9 Å². The van der Waals surface area contributed by atoms with Crippen LogP contribution in [0.15, 0.2) is 186 Å². The summed E-state index contributed by atoms with van der Waals surface area (Å²) in [5.41, 5.74) is 12.7. The lowest BCUT2D eigenvalue weighted by molar-refractivity contribution is 0.590. The minimum Gasteiger partial charge on any atom is -0.435 e. The first kappa shape index (κ1) is 33.3. The van der Waals surface area contributed by atoms with E-state index in [9.17, 15) is 0 Å². The molecule has 0 atom stereocenters. The maximum Gasteiger partial charge on any atom is 0.245 e. The summed E-state index contributed by atoms with van der Waals surface area (Å²) in [5.74, 6) is 0.893. The van der Waals surface area contributed by atoms with E-state index in [0.29, 0.717) is 16.9 Å². The molecule has 2 aromatic heterocycles. The first-order valence-corrected chi connectivity index (χ1v) is 18.0. The Kier molecular flexibility index (Phi) is 8.74. The van der Waals surface area contributed by atoms with E-state index in [1.54, 1.807) is 0 Å². The van der Waals surface area contributed by atoms with Crippen LogP contribution in [0.1, 0.15) is 5.89 Å². The lowest BCUT2D eigenvalue weighted by Gasteiger charge is -2.16. The van der Waals surface area contributed by atoms with Crippen molar-refractivity contribution in [2.75, 3.05) is 0 Å². The van der Waals surface area contributed by atoms with Gasteiger partial charge in [-0.15, -0.1) is 0 Å². The first-order valence-electron chi connectivity index (χ1n) is 18.0. The highest BCUT2D eigenvalue weighted by atomic mass is 16.3. The fourth-order valence-electron chi connectivity index (χ4n) is 7.01. The number of hydrogen-bond acceptors (Lipinski definition) is 6. The van der Waals surface area contributed by atoms with E-state index >= 15 is 0 Å². The second kappa shape index (κ2) is 14.5. The van der Waals surface area contributed by atoms with E-state index in [2.05, 4.69) is 120 Å². The number of rotatable bonds is 9. The highest BCUT2D eigenvalue weighted by Gasteiger charge is 2.16. The summed E-state index contributed by atoms with van der Waals surface area (Å²) >= 11 is 0. The maximum absolute atomic E-state index is 8.21. The standard InChI is InChI=1S/C49H33N5O/c50-28-10-19-42(51)49-54-45-30-37(25-27-46(45)55-49)32-20-22-36(23-21-32)47-40-18-8-7-11-33(40)24-26-41(47)38-16-9-17-39(29-38)48-52-43(34-12-3-1-4-13-34)31-44(53-48)35-14-5-2-6-15-35/h1-31,50-51H/b19-10-,50-28?,51-42?. The van der Waals surface area contributed by atoms with Gasteiger partial charge in [-0.25, -0.2) is 15.0 Å². The molecule has 6 nitrogen and oxygen atoms in total. The molecule has 0 saturated heterocycles. The predicted octanol–water partition coefficient (Wildman–Crippen LogP) is 12.3. The SMILES string of the molecule is N=C/C=C\C(=N)c1nc2cc(-c3ccc(-c4c(-c5cccc(-c6nc(-c7ccccc7)cc(-c7ccccc7)n6)c5)ccc5ccccc45)cc3)ccc2o1. The molecule has 0 aliphatic heterocycles. The van der Waals surface area contributed by atoms with Crippen LogP contribution < -0.4 is 0 Å². The second-order valence-corrected chi connectivity index (χ2v) is 13.2. The summed E-state index contributed by atoms with van der Waals surface area (Å²) in [5, 5.41) is 17.7. The summed E-state index contributed by atoms with van der Waals surface area (Å²) in [6.45, 7) is 0. The van der Waals surface area contributed by atoms with Crippen molar-refractivity contribution in [1.82, 2.24) is 15.0 Å². The van der Waals surface area contributed by atoms with Crippen LogP contribution in [0.5, 0.6) is 0 Å². The Morgan fingerprint density at radius 3 is 1.87 bits per heavy atom. The van der Waals surface area contributed by atoms with Crippen LogP contribution in [0.25, 0.3) is 89.2 Å². The third-order valence-electron chi connectivity index (χ3n) is 9.71. The molecule has 0 aliphatic carbocycles. The predicted molar refractivity (Wildman–Crippen MR) is 224 cm³/mol. The average Bonchev–Trinajstić information content (AvgIpc) is 3.70. The Labute approximate surface area is 318 Å². The molecule has 2 N–H and O–H groups in total. The third-order valence-corrected chi connectivity index (χ3v) is 9.71. The molecular weight excluding hydrogens is 675 g/mol. The van der Waals surface area contributed by atoms with Crippen molar-refractivity contribution >= 4 is 33.8 Å². The molecule has 0 aliphatic rings.